The number of hydrogen-bond donors (Lipinski definition) is 0. The Morgan fingerprint density at radius 2 is 1.41 bits per heavy atom. The van der Waals surface area contributed by atoms with E-state index in [2.05, 4.69) is 24.3 Å². The van der Waals surface area contributed by atoms with Crippen molar-refractivity contribution in [2.75, 3.05) is 7.11 Å². The summed E-state index contributed by atoms with van der Waals surface area (Å²) in [5, 5.41) is 18.2. The molecule has 22 heavy (non-hydrogen) atoms. The molecule has 0 unspecified atom stereocenters. The van der Waals surface area contributed by atoms with Crippen molar-refractivity contribution in [3.63, 3.8) is 0 Å². The molecule has 2 aromatic carbocycles. The monoisotopic (exact) mass is 290 g/mol. The van der Waals surface area contributed by atoms with E-state index in [4.69, 9.17) is 15.3 Å². The van der Waals surface area contributed by atoms with Crippen molar-refractivity contribution in [3.8, 4) is 17.9 Å². The van der Waals surface area contributed by atoms with E-state index in [1.54, 1.807) is 7.11 Å². The van der Waals surface area contributed by atoms with E-state index >= 15 is 0 Å². The van der Waals surface area contributed by atoms with E-state index in [1.807, 2.05) is 42.5 Å². The molecule has 0 radical (unpaired) electrons. The first kappa shape index (κ1) is 15.6. The maximum absolute atomic E-state index is 9.11. The predicted octanol–water partition coefficient (Wildman–Crippen LogP) is 4.27. The molecule has 0 bridgehead atoms. The van der Waals surface area contributed by atoms with Crippen molar-refractivity contribution in [1.29, 1.82) is 10.5 Å². The molecule has 0 aliphatic heterocycles. The number of ether oxygens (including phenoxy) is 1. The first-order valence-electron chi connectivity index (χ1n) is 7.23. The summed E-state index contributed by atoms with van der Waals surface area (Å²) in [6.45, 7) is 0. The highest BCUT2D eigenvalue weighted by Crippen LogP contribution is 2.36. The van der Waals surface area contributed by atoms with Crippen LogP contribution in [0.4, 0.5) is 0 Å². The van der Waals surface area contributed by atoms with Gasteiger partial charge in [-0.05, 0) is 29.2 Å². The largest absolute Gasteiger partial charge is 0.497 e. The molecular formula is C19H18N2O. The van der Waals surface area contributed by atoms with E-state index < -0.39 is 0 Å². The van der Waals surface area contributed by atoms with Crippen LogP contribution in [0.1, 0.15) is 29.9 Å². The van der Waals surface area contributed by atoms with Gasteiger partial charge in [0, 0.05) is 18.8 Å². The lowest BCUT2D eigenvalue weighted by molar-refractivity contribution is 0.414. The molecule has 0 aromatic heterocycles. The average Bonchev–Trinajstić information content (AvgIpc) is 2.57. The third-order valence-electron chi connectivity index (χ3n) is 3.81. The number of methoxy groups -OCH3 is 1. The van der Waals surface area contributed by atoms with Crippen molar-refractivity contribution < 1.29 is 4.74 Å². The highest BCUT2D eigenvalue weighted by Gasteiger charge is 2.24. The molecule has 3 heteroatoms. The molecule has 0 aliphatic carbocycles. The van der Waals surface area contributed by atoms with Crippen molar-refractivity contribution in [1.82, 2.24) is 0 Å². The molecule has 0 spiro atoms. The summed E-state index contributed by atoms with van der Waals surface area (Å²) in [4.78, 5) is 0. The third kappa shape index (κ3) is 3.65. The van der Waals surface area contributed by atoms with Crippen molar-refractivity contribution in [2.24, 2.45) is 5.92 Å². The summed E-state index contributed by atoms with van der Waals surface area (Å²) in [6, 6.07) is 22.3. The van der Waals surface area contributed by atoms with Crippen LogP contribution in [-0.2, 0) is 0 Å². The minimum absolute atomic E-state index is 0.0224. The van der Waals surface area contributed by atoms with Gasteiger partial charge in [-0.15, -0.1) is 0 Å². The molecule has 0 N–H and O–H groups in total. The fraction of sp³-hybridized carbons (Fsp3) is 0.263. The number of benzene rings is 2. The number of rotatable bonds is 6. The molecule has 110 valence electrons. The van der Waals surface area contributed by atoms with Crippen LogP contribution in [-0.4, -0.2) is 7.11 Å². The van der Waals surface area contributed by atoms with Crippen molar-refractivity contribution in [3.05, 3.63) is 65.7 Å². The summed E-state index contributed by atoms with van der Waals surface area (Å²) in [5.74, 6) is 0.810. The van der Waals surface area contributed by atoms with Crippen LogP contribution in [0.25, 0.3) is 0 Å². The van der Waals surface area contributed by atoms with Gasteiger partial charge < -0.3 is 4.74 Å². The van der Waals surface area contributed by atoms with E-state index in [9.17, 15) is 0 Å². The molecule has 2 aromatic rings. The summed E-state index contributed by atoms with van der Waals surface area (Å²) >= 11 is 0. The van der Waals surface area contributed by atoms with E-state index in [0.717, 1.165) is 16.9 Å². The van der Waals surface area contributed by atoms with Gasteiger partial charge in [-0.2, -0.15) is 10.5 Å². The molecule has 0 saturated carbocycles. The van der Waals surface area contributed by atoms with Gasteiger partial charge in [-0.1, -0.05) is 42.5 Å². The third-order valence-corrected chi connectivity index (χ3v) is 3.81. The highest BCUT2D eigenvalue weighted by molar-refractivity contribution is 5.37. The quantitative estimate of drug-likeness (QED) is 0.798. The second-order valence-electron chi connectivity index (χ2n) is 5.15. The van der Waals surface area contributed by atoms with Gasteiger partial charge in [-0.25, -0.2) is 0 Å². The fourth-order valence-corrected chi connectivity index (χ4v) is 2.75. The molecule has 0 fully saturated rings. The molecule has 0 amide bonds. The van der Waals surface area contributed by atoms with Gasteiger partial charge >= 0.3 is 0 Å². The topological polar surface area (TPSA) is 56.8 Å². The highest BCUT2D eigenvalue weighted by atomic mass is 16.5. The molecule has 0 saturated heterocycles. The molecule has 2 rings (SSSR count). The molecule has 0 heterocycles. The van der Waals surface area contributed by atoms with Gasteiger partial charge in [-0.3, -0.25) is 0 Å². The lowest BCUT2D eigenvalue weighted by Gasteiger charge is -2.25. The minimum Gasteiger partial charge on any atom is -0.497 e. The SMILES string of the molecule is COc1ccc([C@@H](c2ccccc2)C(CC#N)CC#N)cc1. The molecular weight excluding hydrogens is 272 g/mol. The van der Waals surface area contributed by atoms with E-state index in [0.29, 0.717) is 12.8 Å². The van der Waals surface area contributed by atoms with Crippen LogP contribution >= 0.6 is 0 Å². The summed E-state index contributed by atoms with van der Waals surface area (Å²) < 4.78 is 5.21. The first-order valence-corrected chi connectivity index (χ1v) is 7.23. The lowest BCUT2D eigenvalue weighted by atomic mass is 9.78. The Balaban J connectivity index is 2.44. The van der Waals surface area contributed by atoms with Crippen LogP contribution in [0.5, 0.6) is 5.75 Å². The predicted molar refractivity (Wildman–Crippen MR) is 85.2 cm³/mol. The van der Waals surface area contributed by atoms with Crippen LogP contribution in [0, 0.1) is 28.6 Å². The normalized spacial score (nSPS) is 11.5. The average molecular weight is 290 g/mol. The zero-order chi connectivity index (χ0) is 15.8. The van der Waals surface area contributed by atoms with Crippen molar-refractivity contribution >= 4 is 0 Å². The minimum atomic E-state index is -0.0224. The number of hydrogen-bond acceptors (Lipinski definition) is 3. The lowest BCUT2D eigenvalue weighted by Crippen LogP contribution is -2.14. The van der Waals surface area contributed by atoms with Crippen LogP contribution in [0.2, 0.25) is 0 Å². The number of nitriles is 2. The Morgan fingerprint density at radius 3 is 1.91 bits per heavy atom. The maximum atomic E-state index is 9.11. The fourth-order valence-electron chi connectivity index (χ4n) is 2.75. The first-order chi connectivity index (χ1) is 10.8. The Labute approximate surface area is 131 Å². The molecule has 3 nitrogen and oxygen atoms in total. The van der Waals surface area contributed by atoms with Gasteiger partial charge in [0.05, 0.1) is 19.2 Å². The van der Waals surface area contributed by atoms with E-state index in [-0.39, 0.29) is 11.8 Å². The summed E-state index contributed by atoms with van der Waals surface area (Å²) in [5.41, 5.74) is 2.23. The summed E-state index contributed by atoms with van der Waals surface area (Å²) in [7, 11) is 1.64. The second kappa shape index (κ2) is 7.86. The van der Waals surface area contributed by atoms with Crippen LogP contribution < -0.4 is 4.74 Å². The van der Waals surface area contributed by atoms with Crippen LogP contribution in [0.3, 0.4) is 0 Å². The Bertz CT molecular complexity index is 649. The van der Waals surface area contributed by atoms with Gasteiger partial charge in [0.15, 0.2) is 0 Å². The van der Waals surface area contributed by atoms with Crippen molar-refractivity contribution in [2.45, 2.75) is 18.8 Å². The Hall–Kier alpha value is -2.78. The zero-order valence-electron chi connectivity index (χ0n) is 12.6. The second-order valence-corrected chi connectivity index (χ2v) is 5.15. The Kier molecular flexibility index (Phi) is 5.57. The van der Waals surface area contributed by atoms with Gasteiger partial charge in [0.1, 0.15) is 5.75 Å². The smallest absolute Gasteiger partial charge is 0.118 e. The van der Waals surface area contributed by atoms with Crippen LogP contribution in [0.15, 0.2) is 54.6 Å². The maximum Gasteiger partial charge on any atom is 0.118 e. The molecule has 1 atom stereocenters. The van der Waals surface area contributed by atoms with E-state index in [1.165, 1.54) is 0 Å². The number of nitrogens with zero attached hydrogens (tertiary/aromatic N) is 2. The summed E-state index contributed by atoms with van der Waals surface area (Å²) in [6.07, 6.45) is 0.721. The molecule has 0 aliphatic rings. The zero-order valence-corrected chi connectivity index (χ0v) is 12.6. The van der Waals surface area contributed by atoms with Gasteiger partial charge in [0.25, 0.3) is 0 Å². The Morgan fingerprint density at radius 1 is 0.864 bits per heavy atom. The standard InChI is InChI=1S/C19H18N2O/c1-22-18-9-7-16(8-10-18)19(15-5-3-2-4-6-15)17(11-13-20)12-14-21/h2-10,17,19H,11-12H2,1H3/t19-/m1/s1. The van der Waals surface area contributed by atoms with Gasteiger partial charge in [0.2, 0.25) is 0 Å².